The summed E-state index contributed by atoms with van der Waals surface area (Å²) < 4.78 is 33.0. The summed E-state index contributed by atoms with van der Waals surface area (Å²) in [6.45, 7) is 8.05. The number of hydrogen-bond acceptors (Lipinski definition) is 5. The second-order valence-corrected chi connectivity index (χ2v) is 11.0. The molecule has 2 aromatic rings. The molecule has 3 rings (SSSR count). The van der Waals surface area contributed by atoms with E-state index in [4.69, 9.17) is 4.74 Å². The van der Waals surface area contributed by atoms with Gasteiger partial charge in [-0.1, -0.05) is 18.6 Å². The van der Waals surface area contributed by atoms with Crippen LogP contribution in [-0.4, -0.2) is 43.4 Å². The van der Waals surface area contributed by atoms with E-state index in [9.17, 15) is 18.0 Å². The van der Waals surface area contributed by atoms with Gasteiger partial charge in [0, 0.05) is 30.0 Å². The molecule has 0 saturated carbocycles. The first-order valence-electron chi connectivity index (χ1n) is 11.0. The van der Waals surface area contributed by atoms with E-state index < -0.39 is 27.6 Å². The van der Waals surface area contributed by atoms with Gasteiger partial charge in [0.05, 0.1) is 4.90 Å². The van der Waals surface area contributed by atoms with Crippen molar-refractivity contribution in [2.45, 2.75) is 57.5 Å². The Hall–Kier alpha value is -2.91. The number of sulfonamides is 1. The van der Waals surface area contributed by atoms with Crippen molar-refractivity contribution in [1.29, 1.82) is 0 Å². The van der Waals surface area contributed by atoms with Crippen LogP contribution in [0.15, 0.2) is 47.4 Å². The van der Waals surface area contributed by atoms with Crippen molar-refractivity contribution in [1.82, 2.24) is 4.31 Å². The van der Waals surface area contributed by atoms with E-state index in [-0.39, 0.29) is 4.90 Å². The minimum absolute atomic E-state index is 0.197. The first-order valence-corrected chi connectivity index (χ1v) is 12.4. The van der Waals surface area contributed by atoms with Gasteiger partial charge in [0.1, 0.15) is 5.60 Å². The summed E-state index contributed by atoms with van der Waals surface area (Å²) >= 11 is 0. The number of nitrogens with zero attached hydrogens (tertiary/aromatic N) is 1. The summed E-state index contributed by atoms with van der Waals surface area (Å²) in [7, 11) is -3.63. The third-order valence-corrected chi connectivity index (χ3v) is 7.19. The van der Waals surface area contributed by atoms with E-state index in [1.807, 2.05) is 0 Å². The van der Waals surface area contributed by atoms with Crippen LogP contribution in [0.2, 0.25) is 0 Å². The fourth-order valence-electron chi connectivity index (χ4n) is 3.56. The molecule has 1 aliphatic rings. The van der Waals surface area contributed by atoms with Gasteiger partial charge < -0.3 is 10.1 Å². The lowest BCUT2D eigenvalue weighted by atomic mass is 10.1. The summed E-state index contributed by atoms with van der Waals surface area (Å²) in [6, 6.07) is 11.3. The number of anilines is 2. The number of amides is 2. The zero-order valence-corrected chi connectivity index (χ0v) is 20.3. The molecular formula is C24H31N3O5S. The molecule has 33 heavy (non-hydrogen) atoms. The molecule has 1 heterocycles. The lowest BCUT2D eigenvalue weighted by Crippen LogP contribution is -2.36. The lowest BCUT2D eigenvalue weighted by Gasteiger charge is -2.26. The van der Waals surface area contributed by atoms with Crippen LogP contribution in [0, 0.1) is 6.92 Å². The molecule has 1 aliphatic heterocycles. The standard InChI is InChI=1S/C24H31N3O5S/c1-17-11-12-20(16-21(17)33(30,31)27-13-6-5-7-14-27)25-22(28)18-9-8-10-19(15-18)26-23(29)32-24(2,3)4/h8-12,15-16H,5-7,13-14H2,1-4H3,(H,25,28)(H,26,29). The van der Waals surface area contributed by atoms with Gasteiger partial charge in [-0.3, -0.25) is 10.1 Å². The summed E-state index contributed by atoms with van der Waals surface area (Å²) in [6.07, 6.45) is 2.11. The zero-order valence-electron chi connectivity index (χ0n) is 19.5. The largest absolute Gasteiger partial charge is 0.444 e. The molecule has 1 fully saturated rings. The minimum atomic E-state index is -3.63. The average Bonchev–Trinajstić information content (AvgIpc) is 2.74. The second-order valence-electron chi connectivity index (χ2n) is 9.11. The Kier molecular flexibility index (Phi) is 7.44. The zero-order chi connectivity index (χ0) is 24.2. The molecular weight excluding hydrogens is 442 g/mol. The SMILES string of the molecule is Cc1ccc(NC(=O)c2cccc(NC(=O)OC(C)(C)C)c2)cc1S(=O)(=O)N1CCCCC1. The number of piperidine rings is 1. The highest BCUT2D eigenvalue weighted by Crippen LogP contribution is 2.26. The van der Waals surface area contributed by atoms with Gasteiger partial charge in [-0.25, -0.2) is 13.2 Å². The number of nitrogens with one attached hydrogen (secondary N) is 2. The van der Waals surface area contributed by atoms with Crippen LogP contribution in [-0.2, 0) is 14.8 Å². The number of rotatable bonds is 5. The normalized spacial score (nSPS) is 15.0. The van der Waals surface area contributed by atoms with Gasteiger partial charge in [0.25, 0.3) is 5.91 Å². The van der Waals surface area contributed by atoms with Crippen molar-refractivity contribution < 1.29 is 22.7 Å². The first kappa shape index (κ1) is 24.7. The number of hydrogen-bond donors (Lipinski definition) is 2. The predicted octanol–water partition coefficient (Wildman–Crippen LogP) is 4.77. The third kappa shape index (κ3) is 6.55. The molecule has 8 nitrogen and oxygen atoms in total. The molecule has 178 valence electrons. The van der Waals surface area contributed by atoms with Crippen molar-refractivity contribution in [3.05, 3.63) is 53.6 Å². The lowest BCUT2D eigenvalue weighted by molar-refractivity contribution is 0.0635. The van der Waals surface area contributed by atoms with Crippen molar-refractivity contribution in [3.8, 4) is 0 Å². The number of aryl methyl sites for hydroxylation is 1. The Morgan fingerprint density at radius 1 is 0.939 bits per heavy atom. The molecule has 1 saturated heterocycles. The quantitative estimate of drug-likeness (QED) is 0.651. The van der Waals surface area contributed by atoms with E-state index >= 15 is 0 Å². The summed E-state index contributed by atoms with van der Waals surface area (Å²) in [5.74, 6) is -0.423. The van der Waals surface area contributed by atoms with E-state index in [1.54, 1.807) is 58.0 Å². The van der Waals surface area contributed by atoms with Crippen LogP contribution in [0.3, 0.4) is 0 Å². The van der Waals surface area contributed by atoms with Gasteiger partial charge in [-0.15, -0.1) is 0 Å². The predicted molar refractivity (Wildman–Crippen MR) is 128 cm³/mol. The molecule has 0 atom stereocenters. The molecule has 2 aromatic carbocycles. The highest BCUT2D eigenvalue weighted by atomic mass is 32.2. The van der Waals surface area contributed by atoms with Gasteiger partial charge >= 0.3 is 6.09 Å². The van der Waals surface area contributed by atoms with Crippen LogP contribution in [0.5, 0.6) is 0 Å². The Balaban J connectivity index is 1.76. The van der Waals surface area contributed by atoms with Crippen LogP contribution in [0.4, 0.5) is 16.2 Å². The highest BCUT2D eigenvalue weighted by molar-refractivity contribution is 7.89. The fraction of sp³-hybridized carbons (Fsp3) is 0.417. The Morgan fingerprint density at radius 2 is 1.61 bits per heavy atom. The van der Waals surface area contributed by atoms with Crippen LogP contribution >= 0.6 is 0 Å². The maximum absolute atomic E-state index is 13.1. The second kappa shape index (κ2) is 9.93. The van der Waals surface area contributed by atoms with E-state index in [0.29, 0.717) is 35.6 Å². The summed E-state index contributed by atoms with van der Waals surface area (Å²) in [4.78, 5) is 25.0. The van der Waals surface area contributed by atoms with Crippen molar-refractivity contribution in [2.24, 2.45) is 0 Å². The maximum Gasteiger partial charge on any atom is 0.412 e. The van der Waals surface area contributed by atoms with Crippen LogP contribution in [0.1, 0.15) is 56.0 Å². The number of carbonyl (C=O) groups is 2. The monoisotopic (exact) mass is 473 g/mol. The van der Waals surface area contributed by atoms with Crippen LogP contribution < -0.4 is 10.6 Å². The van der Waals surface area contributed by atoms with Gasteiger partial charge in [-0.05, 0) is 76.4 Å². The topological polar surface area (TPSA) is 105 Å². The van der Waals surface area contributed by atoms with Crippen molar-refractivity contribution in [3.63, 3.8) is 0 Å². The molecule has 0 spiro atoms. The molecule has 2 amide bonds. The third-order valence-electron chi connectivity index (χ3n) is 5.15. The Bertz CT molecular complexity index is 1130. The van der Waals surface area contributed by atoms with Crippen LogP contribution in [0.25, 0.3) is 0 Å². The fourth-order valence-corrected chi connectivity index (χ4v) is 5.33. The van der Waals surface area contributed by atoms with Crippen molar-refractivity contribution >= 4 is 33.4 Å². The molecule has 0 unspecified atom stereocenters. The number of carbonyl (C=O) groups excluding carboxylic acids is 2. The summed E-state index contributed by atoms with van der Waals surface area (Å²) in [5, 5.41) is 5.36. The smallest absolute Gasteiger partial charge is 0.412 e. The van der Waals surface area contributed by atoms with E-state index in [0.717, 1.165) is 19.3 Å². The van der Waals surface area contributed by atoms with Gasteiger partial charge in [0.2, 0.25) is 10.0 Å². The van der Waals surface area contributed by atoms with E-state index in [2.05, 4.69) is 10.6 Å². The number of benzene rings is 2. The molecule has 0 aliphatic carbocycles. The minimum Gasteiger partial charge on any atom is -0.444 e. The molecule has 0 aromatic heterocycles. The Morgan fingerprint density at radius 3 is 2.27 bits per heavy atom. The van der Waals surface area contributed by atoms with Crippen molar-refractivity contribution in [2.75, 3.05) is 23.7 Å². The number of ether oxygens (including phenoxy) is 1. The average molecular weight is 474 g/mol. The highest BCUT2D eigenvalue weighted by Gasteiger charge is 2.27. The molecule has 2 N–H and O–H groups in total. The first-order chi connectivity index (χ1) is 15.5. The molecule has 0 radical (unpaired) electrons. The molecule has 0 bridgehead atoms. The summed E-state index contributed by atoms with van der Waals surface area (Å²) in [5.41, 5.74) is 1.09. The van der Waals surface area contributed by atoms with Gasteiger partial charge in [0.15, 0.2) is 0 Å². The van der Waals surface area contributed by atoms with E-state index in [1.165, 1.54) is 16.4 Å². The maximum atomic E-state index is 13.1. The van der Waals surface area contributed by atoms with Gasteiger partial charge in [-0.2, -0.15) is 4.31 Å². The molecule has 9 heteroatoms. The Labute approximate surface area is 195 Å².